The summed E-state index contributed by atoms with van der Waals surface area (Å²) in [4.78, 5) is 11.8. The number of hydrogen-bond acceptors (Lipinski definition) is 5. The zero-order valence-corrected chi connectivity index (χ0v) is 18.6. The lowest BCUT2D eigenvalue weighted by Gasteiger charge is -2.30. The summed E-state index contributed by atoms with van der Waals surface area (Å²) < 4.78 is 17.8. The Labute approximate surface area is 194 Å². The van der Waals surface area contributed by atoms with Crippen molar-refractivity contribution in [3.8, 4) is 0 Å². The molecule has 0 bridgehead atoms. The summed E-state index contributed by atoms with van der Waals surface area (Å²) in [5, 5.41) is 11.0. The summed E-state index contributed by atoms with van der Waals surface area (Å²) in [5.74, 6) is -0.529. The fourth-order valence-electron chi connectivity index (χ4n) is 3.45. The van der Waals surface area contributed by atoms with Gasteiger partial charge in [-0.3, -0.25) is 4.79 Å². The Balaban J connectivity index is 1.68. The molecule has 3 N–H and O–H groups in total. The summed E-state index contributed by atoms with van der Waals surface area (Å²) in [6, 6.07) is 28.9. The number of carbonyl (C=O) groups is 1. The maximum atomic E-state index is 11.8. The summed E-state index contributed by atoms with van der Waals surface area (Å²) >= 11 is 0. The maximum Gasteiger partial charge on any atom is 0.220 e. The van der Waals surface area contributed by atoms with E-state index in [1.165, 1.54) is 0 Å². The van der Waals surface area contributed by atoms with E-state index in [1.54, 1.807) is 0 Å². The Morgan fingerprint density at radius 2 is 1.18 bits per heavy atom. The quantitative estimate of drug-likeness (QED) is 0.392. The third-order valence-corrected chi connectivity index (χ3v) is 5.14. The van der Waals surface area contributed by atoms with Crippen molar-refractivity contribution in [2.45, 2.75) is 44.6 Å². The van der Waals surface area contributed by atoms with Crippen LogP contribution in [0.25, 0.3) is 0 Å². The molecule has 0 aromatic heterocycles. The predicted octanol–water partition coefficient (Wildman–Crippen LogP) is 3.61. The molecule has 0 spiro atoms. The molecule has 0 aliphatic heterocycles. The molecular weight excluding hydrogens is 418 g/mol. The second-order valence-corrected chi connectivity index (χ2v) is 7.83. The van der Waals surface area contributed by atoms with Gasteiger partial charge in [0.25, 0.3) is 0 Å². The van der Waals surface area contributed by atoms with E-state index < -0.39 is 24.2 Å². The lowest BCUT2D eigenvalue weighted by molar-refractivity contribution is -0.154. The van der Waals surface area contributed by atoms with Crippen molar-refractivity contribution in [2.75, 3.05) is 6.61 Å². The van der Waals surface area contributed by atoms with Gasteiger partial charge >= 0.3 is 0 Å². The molecule has 0 heterocycles. The molecule has 3 rings (SSSR count). The van der Waals surface area contributed by atoms with Crippen LogP contribution in [0.5, 0.6) is 0 Å². The molecule has 0 saturated heterocycles. The Kier molecular flexibility index (Phi) is 10.1. The van der Waals surface area contributed by atoms with E-state index >= 15 is 0 Å². The Hall–Kier alpha value is -3.03. The molecule has 3 atom stereocenters. The van der Waals surface area contributed by atoms with Gasteiger partial charge in [0.2, 0.25) is 5.91 Å². The molecule has 0 radical (unpaired) electrons. The minimum atomic E-state index is -1.02. The predicted molar refractivity (Wildman–Crippen MR) is 126 cm³/mol. The van der Waals surface area contributed by atoms with Gasteiger partial charge in [0, 0.05) is 0 Å². The molecule has 3 aromatic rings. The first-order valence-corrected chi connectivity index (χ1v) is 11.0. The van der Waals surface area contributed by atoms with Gasteiger partial charge in [-0.25, -0.2) is 0 Å². The summed E-state index contributed by atoms with van der Waals surface area (Å²) in [6.45, 7) is 0.903. The molecule has 1 unspecified atom stereocenters. The highest BCUT2D eigenvalue weighted by atomic mass is 16.6. The first-order valence-electron chi connectivity index (χ1n) is 11.0. The van der Waals surface area contributed by atoms with E-state index in [0.29, 0.717) is 6.61 Å². The average Bonchev–Trinajstić information content (AvgIpc) is 2.84. The second-order valence-electron chi connectivity index (χ2n) is 7.83. The van der Waals surface area contributed by atoms with Gasteiger partial charge < -0.3 is 25.1 Å². The van der Waals surface area contributed by atoms with Gasteiger partial charge in [0.05, 0.1) is 39.0 Å². The molecule has 33 heavy (non-hydrogen) atoms. The monoisotopic (exact) mass is 449 g/mol. The Bertz CT molecular complexity index is 937. The van der Waals surface area contributed by atoms with Crippen LogP contribution in [0.2, 0.25) is 0 Å². The standard InChI is InChI=1S/C27H31NO5/c28-26(30)16-25(32-18-22-12-6-2-7-13-22)27(33-19-23-14-8-3-9-15-23)24(29)20-31-17-21-10-4-1-5-11-21/h1-15,24-25,27,29H,16-20H2,(H2,28,30)/t24?,25-,27-/m1/s1. The normalized spacial score (nSPS) is 13.8. The number of rotatable bonds is 14. The van der Waals surface area contributed by atoms with E-state index in [0.717, 1.165) is 16.7 Å². The van der Waals surface area contributed by atoms with E-state index in [1.807, 2.05) is 91.0 Å². The number of amides is 1. The van der Waals surface area contributed by atoms with E-state index in [2.05, 4.69) is 0 Å². The van der Waals surface area contributed by atoms with Crippen LogP contribution in [0.15, 0.2) is 91.0 Å². The topological polar surface area (TPSA) is 91.0 Å². The fraction of sp³-hybridized carbons (Fsp3) is 0.296. The lowest BCUT2D eigenvalue weighted by Crippen LogP contribution is -2.45. The van der Waals surface area contributed by atoms with Gasteiger partial charge in [-0.15, -0.1) is 0 Å². The maximum absolute atomic E-state index is 11.8. The number of hydrogen-bond donors (Lipinski definition) is 2. The highest BCUT2D eigenvalue weighted by Gasteiger charge is 2.32. The molecule has 174 valence electrons. The fourth-order valence-corrected chi connectivity index (χ4v) is 3.45. The van der Waals surface area contributed by atoms with Crippen LogP contribution in [-0.4, -0.2) is 35.9 Å². The van der Waals surface area contributed by atoms with Gasteiger partial charge in [-0.1, -0.05) is 91.0 Å². The van der Waals surface area contributed by atoms with Crippen molar-refractivity contribution in [2.24, 2.45) is 5.73 Å². The van der Waals surface area contributed by atoms with Crippen molar-refractivity contribution in [3.63, 3.8) is 0 Å². The smallest absolute Gasteiger partial charge is 0.220 e. The van der Waals surface area contributed by atoms with Crippen LogP contribution >= 0.6 is 0 Å². The Morgan fingerprint density at radius 3 is 1.67 bits per heavy atom. The van der Waals surface area contributed by atoms with E-state index in [4.69, 9.17) is 19.9 Å². The molecular formula is C27H31NO5. The van der Waals surface area contributed by atoms with Gasteiger partial charge in [-0.2, -0.15) is 0 Å². The van der Waals surface area contributed by atoms with E-state index in [-0.39, 0.29) is 26.2 Å². The summed E-state index contributed by atoms with van der Waals surface area (Å²) in [5.41, 5.74) is 8.39. The van der Waals surface area contributed by atoms with Crippen molar-refractivity contribution in [1.29, 1.82) is 0 Å². The number of ether oxygens (including phenoxy) is 3. The molecule has 0 saturated carbocycles. The second kappa shape index (κ2) is 13.5. The van der Waals surface area contributed by atoms with Crippen LogP contribution in [0.4, 0.5) is 0 Å². The number of aliphatic hydroxyl groups is 1. The zero-order valence-electron chi connectivity index (χ0n) is 18.6. The lowest BCUT2D eigenvalue weighted by atomic mass is 10.0. The number of nitrogens with two attached hydrogens (primary N) is 1. The van der Waals surface area contributed by atoms with Gasteiger partial charge in [-0.05, 0) is 16.7 Å². The summed E-state index contributed by atoms with van der Waals surface area (Å²) in [7, 11) is 0. The van der Waals surface area contributed by atoms with Gasteiger partial charge in [0.15, 0.2) is 0 Å². The first kappa shape index (κ1) is 24.6. The van der Waals surface area contributed by atoms with Crippen molar-refractivity contribution >= 4 is 5.91 Å². The third kappa shape index (κ3) is 8.79. The van der Waals surface area contributed by atoms with E-state index in [9.17, 15) is 9.90 Å². The van der Waals surface area contributed by atoms with Crippen LogP contribution in [0.1, 0.15) is 23.1 Å². The largest absolute Gasteiger partial charge is 0.388 e. The Morgan fingerprint density at radius 1 is 0.727 bits per heavy atom. The minimum Gasteiger partial charge on any atom is -0.388 e. The van der Waals surface area contributed by atoms with Crippen molar-refractivity contribution < 1.29 is 24.1 Å². The SMILES string of the molecule is NC(=O)C[C@@H](OCc1ccccc1)[C@H](OCc1ccccc1)C(O)COCc1ccccc1. The average molecular weight is 450 g/mol. The molecule has 1 amide bonds. The molecule has 0 fully saturated rings. The molecule has 3 aromatic carbocycles. The number of benzene rings is 3. The molecule has 6 nitrogen and oxygen atoms in total. The number of aliphatic hydroxyl groups excluding tert-OH is 1. The van der Waals surface area contributed by atoms with Crippen LogP contribution < -0.4 is 5.73 Å². The number of primary amides is 1. The van der Waals surface area contributed by atoms with Crippen LogP contribution in [-0.2, 0) is 38.8 Å². The minimum absolute atomic E-state index is 0.0261. The first-order chi connectivity index (χ1) is 16.1. The molecule has 0 aliphatic rings. The van der Waals surface area contributed by atoms with Crippen molar-refractivity contribution in [3.05, 3.63) is 108 Å². The van der Waals surface area contributed by atoms with Crippen LogP contribution in [0.3, 0.4) is 0 Å². The highest BCUT2D eigenvalue weighted by molar-refractivity contribution is 5.74. The highest BCUT2D eigenvalue weighted by Crippen LogP contribution is 2.18. The van der Waals surface area contributed by atoms with Crippen LogP contribution in [0, 0.1) is 0 Å². The van der Waals surface area contributed by atoms with Gasteiger partial charge in [0.1, 0.15) is 12.2 Å². The number of carbonyl (C=O) groups excluding carboxylic acids is 1. The molecule has 0 aliphatic carbocycles. The molecule has 6 heteroatoms. The zero-order chi connectivity index (χ0) is 23.3. The van der Waals surface area contributed by atoms with Crippen molar-refractivity contribution in [1.82, 2.24) is 0 Å². The third-order valence-electron chi connectivity index (χ3n) is 5.14. The summed E-state index contributed by atoms with van der Waals surface area (Å²) in [6.07, 6.45) is -2.64.